The van der Waals surface area contributed by atoms with Gasteiger partial charge in [-0.1, -0.05) is 31.5 Å². The zero-order chi connectivity index (χ0) is 24.3. The van der Waals surface area contributed by atoms with Crippen molar-refractivity contribution in [2.24, 2.45) is 0 Å². The average molecular weight is 511 g/mol. The zero-order valence-electron chi connectivity index (χ0n) is 19.4. The predicted molar refractivity (Wildman–Crippen MR) is 131 cm³/mol. The molecule has 2 fully saturated rings. The lowest BCUT2D eigenvalue weighted by molar-refractivity contribution is 0.123. The van der Waals surface area contributed by atoms with Gasteiger partial charge in [-0.05, 0) is 37.2 Å². The van der Waals surface area contributed by atoms with Crippen LogP contribution in [0.5, 0.6) is 5.88 Å². The number of halogens is 1. The minimum absolute atomic E-state index is 0.00136. The lowest BCUT2D eigenvalue weighted by atomic mass is 9.93. The van der Waals surface area contributed by atoms with E-state index in [0.717, 1.165) is 25.7 Å². The summed E-state index contributed by atoms with van der Waals surface area (Å²) in [6, 6.07) is 3.88. The quantitative estimate of drug-likeness (QED) is 0.604. The largest absolute Gasteiger partial charge is 0.474 e. The Balaban J connectivity index is 1.34. The molecule has 2 aliphatic rings. The molecule has 2 aromatic rings. The molecule has 0 amide bonds. The Morgan fingerprint density at radius 1 is 1.24 bits per heavy atom. The summed E-state index contributed by atoms with van der Waals surface area (Å²) in [7, 11) is -3.23. The lowest BCUT2D eigenvalue weighted by Gasteiger charge is -2.29. The molecule has 0 bridgehead atoms. The smallest absolute Gasteiger partial charge is 0.287 e. The maximum atomic E-state index is 12.9. The molecular formula is C23H31ClN4O5S. The van der Waals surface area contributed by atoms with Gasteiger partial charge in [-0.2, -0.15) is 5.10 Å². The van der Waals surface area contributed by atoms with E-state index in [2.05, 4.69) is 29.2 Å². The highest BCUT2D eigenvalue weighted by Gasteiger charge is 2.30. The van der Waals surface area contributed by atoms with Crippen LogP contribution in [-0.2, 0) is 14.6 Å². The molecule has 1 saturated carbocycles. The van der Waals surface area contributed by atoms with Gasteiger partial charge in [0.25, 0.3) is 5.56 Å². The van der Waals surface area contributed by atoms with Crippen molar-refractivity contribution in [2.45, 2.75) is 62.8 Å². The van der Waals surface area contributed by atoms with Crippen molar-refractivity contribution >= 4 is 27.1 Å². The normalized spacial score (nSPS) is 24.6. The number of rotatable bonds is 7. The highest BCUT2D eigenvalue weighted by Crippen LogP contribution is 2.30. The van der Waals surface area contributed by atoms with Crippen LogP contribution in [0.25, 0.3) is 0 Å². The van der Waals surface area contributed by atoms with E-state index in [9.17, 15) is 13.2 Å². The van der Waals surface area contributed by atoms with Crippen molar-refractivity contribution in [1.29, 1.82) is 0 Å². The van der Waals surface area contributed by atoms with Crippen LogP contribution >= 0.6 is 11.6 Å². The number of pyridine rings is 1. The number of anilines is 1. The van der Waals surface area contributed by atoms with Crippen molar-refractivity contribution in [1.82, 2.24) is 14.8 Å². The topological polar surface area (TPSA) is 112 Å². The van der Waals surface area contributed by atoms with Gasteiger partial charge in [-0.3, -0.25) is 4.79 Å². The van der Waals surface area contributed by atoms with E-state index in [1.54, 1.807) is 0 Å². The first-order chi connectivity index (χ1) is 16.2. The Labute approximate surface area is 204 Å². The fourth-order valence-electron chi connectivity index (χ4n) is 4.28. The maximum absolute atomic E-state index is 12.9. The molecule has 1 aliphatic heterocycles. The summed E-state index contributed by atoms with van der Waals surface area (Å²) in [6.45, 7) is 4.70. The molecular weight excluding hydrogens is 480 g/mol. The van der Waals surface area contributed by atoms with Gasteiger partial charge >= 0.3 is 0 Å². The zero-order valence-corrected chi connectivity index (χ0v) is 21.0. The molecule has 0 radical (unpaired) electrons. The SMILES string of the molecule is CC(C)c1ccc(OC2CCC(n3ncc(NC[C@@H]4COCCS4(=O)=O)c(Cl)c3=O)CC2)nc1. The van der Waals surface area contributed by atoms with Crippen LogP contribution in [0.2, 0.25) is 5.02 Å². The van der Waals surface area contributed by atoms with Gasteiger partial charge in [0.15, 0.2) is 9.84 Å². The first-order valence-electron chi connectivity index (χ1n) is 11.7. The first kappa shape index (κ1) is 24.9. The average Bonchev–Trinajstić information content (AvgIpc) is 2.82. The van der Waals surface area contributed by atoms with Crippen molar-refractivity contribution in [3.63, 3.8) is 0 Å². The Morgan fingerprint density at radius 3 is 2.65 bits per heavy atom. The Kier molecular flexibility index (Phi) is 7.79. The molecule has 1 saturated heterocycles. The second-order valence-corrected chi connectivity index (χ2v) is 12.0. The number of hydrogen-bond acceptors (Lipinski definition) is 8. The van der Waals surface area contributed by atoms with Gasteiger partial charge in [-0.15, -0.1) is 0 Å². The number of nitrogens with one attached hydrogen (secondary N) is 1. The van der Waals surface area contributed by atoms with Crippen molar-refractivity contribution < 1.29 is 17.9 Å². The molecule has 3 heterocycles. The molecule has 0 spiro atoms. The van der Waals surface area contributed by atoms with Crippen LogP contribution < -0.4 is 15.6 Å². The molecule has 9 nitrogen and oxygen atoms in total. The molecule has 2 aromatic heterocycles. The Morgan fingerprint density at radius 2 is 2.00 bits per heavy atom. The molecule has 34 heavy (non-hydrogen) atoms. The molecule has 1 aliphatic carbocycles. The van der Waals surface area contributed by atoms with Gasteiger partial charge in [0.05, 0.1) is 36.9 Å². The Bertz CT molecular complexity index is 1140. The standard InChI is InChI=1S/C23H31ClN4O5S/c1-15(2)16-3-8-21(26-11-16)33-18-6-4-17(5-7-18)28-23(29)22(24)20(13-27-28)25-12-19-14-32-9-10-34(19,30)31/h3,8,11,13,15,17-19,25H,4-7,9-10,12,14H2,1-2H3/t17?,18?,19-/m1/s1. The number of aromatic nitrogens is 3. The van der Waals surface area contributed by atoms with Gasteiger partial charge in [0.2, 0.25) is 5.88 Å². The van der Waals surface area contributed by atoms with Crippen molar-refractivity contribution in [3.8, 4) is 5.88 Å². The minimum Gasteiger partial charge on any atom is -0.474 e. The molecule has 1 atom stereocenters. The van der Waals surface area contributed by atoms with E-state index in [0.29, 0.717) is 17.5 Å². The summed E-state index contributed by atoms with van der Waals surface area (Å²) in [6.07, 6.45) is 6.42. The van der Waals surface area contributed by atoms with E-state index < -0.39 is 15.1 Å². The van der Waals surface area contributed by atoms with Crippen LogP contribution in [0.15, 0.2) is 29.3 Å². The van der Waals surface area contributed by atoms with E-state index in [1.807, 2.05) is 18.3 Å². The number of nitrogens with zero attached hydrogens (tertiary/aromatic N) is 3. The summed E-state index contributed by atoms with van der Waals surface area (Å²) in [4.78, 5) is 17.3. The molecule has 11 heteroatoms. The molecule has 4 rings (SSSR count). The van der Waals surface area contributed by atoms with Crippen LogP contribution in [0.1, 0.15) is 57.1 Å². The number of sulfone groups is 1. The fourth-order valence-corrected chi connectivity index (χ4v) is 5.81. The van der Waals surface area contributed by atoms with Crippen LogP contribution in [0.4, 0.5) is 5.69 Å². The monoisotopic (exact) mass is 510 g/mol. The van der Waals surface area contributed by atoms with Crippen LogP contribution in [0, 0.1) is 0 Å². The Hall–Kier alpha value is -2.17. The van der Waals surface area contributed by atoms with Gasteiger partial charge in [-0.25, -0.2) is 18.1 Å². The third kappa shape index (κ3) is 5.72. The molecule has 186 valence electrons. The summed E-state index contributed by atoms with van der Waals surface area (Å²) in [5.41, 5.74) is 1.12. The van der Waals surface area contributed by atoms with Crippen molar-refractivity contribution in [2.75, 3.05) is 30.8 Å². The van der Waals surface area contributed by atoms with E-state index in [4.69, 9.17) is 21.1 Å². The van der Waals surface area contributed by atoms with Crippen molar-refractivity contribution in [3.05, 3.63) is 45.5 Å². The molecule has 0 unspecified atom stereocenters. The fraction of sp³-hybridized carbons (Fsp3) is 0.609. The second kappa shape index (κ2) is 10.6. The van der Waals surface area contributed by atoms with Gasteiger partial charge in [0, 0.05) is 18.8 Å². The highest BCUT2D eigenvalue weighted by atomic mass is 35.5. The second-order valence-electron chi connectivity index (χ2n) is 9.20. The van der Waals surface area contributed by atoms with Gasteiger partial charge < -0.3 is 14.8 Å². The van der Waals surface area contributed by atoms with E-state index in [1.165, 1.54) is 16.4 Å². The summed E-state index contributed by atoms with van der Waals surface area (Å²) >= 11 is 6.33. The predicted octanol–water partition coefficient (Wildman–Crippen LogP) is 3.20. The maximum Gasteiger partial charge on any atom is 0.287 e. The number of hydrogen-bond donors (Lipinski definition) is 1. The van der Waals surface area contributed by atoms with Gasteiger partial charge in [0.1, 0.15) is 16.4 Å². The lowest BCUT2D eigenvalue weighted by Crippen LogP contribution is -2.41. The molecule has 0 aromatic carbocycles. The summed E-state index contributed by atoms with van der Waals surface area (Å²) in [5.74, 6) is 1.04. The van der Waals surface area contributed by atoms with Crippen LogP contribution in [0.3, 0.4) is 0 Å². The van der Waals surface area contributed by atoms with E-state index in [-0.39, 0.29) is 48.2 Å². The third-order valence-electron chi connectivity index (χ3n) is 6.49. The molecule has 1 N–H and O–H groups in total. The first-order valence-corrected chi connectivity index (χ1v) is 13.8. The minimum atomic E-state index is -3.23. The van der Waals surface area contributed by atoms with Crippen LogP contribution in [-0.4, -0.2) is 60.0 Å². The summed E-state index contributed by atoms with van der Waals surface area (Å²) in [5, 5.41) is 6.62. The highest BCUT2D eigenvalue weighted by molar-refractivity contribution is 7.92. The van der Waals surface area contributed by atoms with E-state index >= 15 is 0 Å². The third-order valence-corrected chi connectivity index (χ3v) is 8.91. The summed E-state index contributed by atoms with van der Waals surface area (Å²) < 4.78 is 37.0. The number of ether oxygens (including phenoxy) is 2.